The van der Waals surface area contributed by atoms with Crippen molar-refractivity contribution in [1.29, 1.82) is 0 Å². The normalized spacial score (nSPS) is 24.0. The first kappa shape index (κ1) is 21.5. The largest absolute Gasteiger partial charge is 0.508 e. The van der Waals surface area contributed by atoms with Crippen molar-refractivity contribution in [3.05, 3.63) is 69.8 Å². The summed E-state index contributed by atoms with van der Waals surface area (Å²) in [5.74, 6) is -5.34. The summed E-state index contributed by atoms with van der Waals surface area (Å²) in [5, 5.41) is 21.1. The average molecular weight is 439 g/mol. The average Bonchev–Trinajstić information content (AvgIpc) is 2.71. The van der Waals surface area contributed by atoms with Crippen molar-refractivity contribution in [2.45, 2.75) is 44.3 Å². The quantitative estimate of drug-likeness (QED) is 0.333. The second-order valence-corrected chi connectivity index (χ2v) is 8.54. The molecule has 0 aromatic heterocycles. The van der Waals surface area contributed by atoms with Crippen LogP contribution in [-0.2, 0) is 23.9 Å². The third kappa shape index (κ3) is 3.39. The number of nitro benzene ring substituents is 1. The van der Waals surface area contributed by atoms with E-state index in [1.165, 1.54) is 50.2 Å². The number of nitrogens with zero attached hydrogens (tertiary/aromatic N) is 1. The van der Waals surface area contributed by atoms with E-state index in [1.54, 1.807) is 12.1 Å². The monoisotopic (exact) mass is 439 g/mol. The van der Waals surface area contributed by atoms with Gasteiger partial charge < -0.3 is 14.6 Å². The Kier molecular flexibility index (Phi) is 4.99. The Labute approximate surface area is 183 Å². The number of Topliss-reactive ketones (excluding diaryl/α,β-unsaturated/α-hetero) is 1. The number of ketones is 1. The standard InChI is InChI=1S/C23H21NO8/c1-22(2)31-20(27)23(21(28)32-22)18(13-6-8-15(9-7-13)24(29)30)11-17(26)12-19(23)14-4-3-5-16(25)10-14/h3-10,18-19,25H,11-12H2,1-2H3/t18-,19+/m1/s1. The third-order valence-electron chi connectivity index (χ3n) is 6.09. The van der Waals surface area contributed by atoms with Crippen LogP contribution in [0.1, 0.15) is 49.7 Å². The SMILES string of the molecule is CC1(C)OC(=O)C2(C(=O)O1)[C@@H](c1ccc([N+](=O)[O-])cc1)CC(=O)C[C@H]2c1cccc(O)c1. The number of ether oxygens (including phenoxy) is 2. The molecule has 1 aliphatic carbocycles. The lowest BCUT2D eigenvalue weighted by molar-refractivity contribution is -0.384. The second-order valence-electron chi connectivity index (χ2n) is 8.54. The first-order chi connectivity index (χ1) is 15.0. The maximum Gasteiger partial charge on any atom is 0.328 e. The van der Waals surface area contributed by atoms with E-state index in [1.807, 2.05) is 0 Å². The maximum atomic E-state index is 13.5. The molecule has 166 valence electrons. The van der Waals surface area contributed by atoms with E-state index in [-0.39, 0.29) is 30.1 Å². The minimum atomic E-state index is -1.90. The number of hydrogen-bond acceptors (Lipinski definition) is 8. The Morgan fingerprint density at radius 3 is 2.03 bits per heavy atom. The van der Waals surface area contributed by atoms with E-state index >= 15 is 0 Å². The Morgan fingerprint density at radius 2 is 1.50 bits per heavy atom. The van der Waals surface area contributed by atoms with Crippen molar-refractivity contribution in [2.24, 2.45) is 5.41 Å². The van der Waals surface area contributed by atoms with Crippen molar-refractivity contribution in [1.82, 2.24) is 0 Å². The summed E-state index contributed by atoms with van der Waals surface area (Å²) in [6.45, 7) is 2.88. The molecule has 9 heteroatoms. The number of nitro groups is 1. The van der Waals surface area contributed by atoms with Crippen LogP contribution < -0.4 is 0 Å². The molecule has 4 rings (SSSR count). The van der Waals surface area contributed by atoms with Crippen LogP contribution in [0, 0.1) is 15.5 Å². The van der Waals surface area contributed by atoms with Gasteiger partial charge in [0.2, 0.25) is 0 Å². The molecule has 2 aromatic rings. The van der Waals surface area contributed by atoms with Crippen molar-refractivity contribution < 1.29 is 33.9 Å². The number of aromatic hydroxyl groups is 1. The summed E-state index contributed by atoms with van der Waals surface area (Å²) >= 11 is 0. The van der Waals surface area contributed by atoms with Gasteiger partial charge in [-0.1, -0.05) is 24.3 Å². The van der Waals surface area contributed by atoms with E-state index in [4.69, 9.17) is 9.47 Å². The number of phenolic OH excluding ortho intramolecular Hbond substituents is 1. The molecule has 0 amide bonds. The second kappa shape index (κ2) is 7.44. The van der Waals surface area contributed by atoms with Gasteiger partial charge in [-0.3, -0.25) is 24.5 Å². The van der Waals surface area contributed by atoms with Gasteiger partial charge >= 0.3 is 11.9 Å². The molecule has 2 aromatic carbocycles. The van der Waals surface area contributed by atoms with Crippen molar-refractivity contribution in [2.75, 3.05) is 0 Å². The zero-order chi connectivity index (χ0) is 23.3. The first-order valence-corrected chi connectivity index (χ1v) is 10.1. The van der Waals surface area contributed by atoms with Crippen LogP contribution >= 0.6 is 0 Å². The summed E-state index contributed by atoms with van der Waals surface area (Å²) in [7, 11) is 0. The van der Waals surface area contributed by atoms with Crippen LogP contribution in [0.15, 0.2) is 48.5 Å². The van der Waals surface area contributed by atoms with Crippen LogP contribution in [-0.4, -0.2) is 33.5 Å². The van der Waals surface area contributed by atoms with Crippen LogP contribution in [0.5, 0.6) is 5.75 Å². The first-order valence-electron chi connectivity index (χ1n) is 10.1. The van der Waals surface area contributed by atoms with Crippen LogP contribution in [0.25, 0.3) is 0 Å². The molecule has 1 heterocycles. The van der Waals surface area contributed by atoms with Crippen LogP contribution in [0.2, 0.25) is 0 Å². The number of cyclic esters (lactones) is 2. The zero-order valence-electron chi connectivity index (χ0n) is 17.4. The summed E-state index contributed by atoms with van der Waals surface area (Å²) in [5.41, 5.74) is -1.24. The maximum absolute atomic E-state index is 13.5. The highest BCUT2D eigenvalue weighted by Crippen LogP contribution is 2.58. The number of hydrogen-bond donors (Lipinski definition) is 1. The summed E-state index contributed by atoms with van der Waals surface area (Å²) < 4.78 is 11.0. The molecule has 32 heavy (non-hydrogen) atoms. The number of benzene rings is 2. The molecule has 1 aliphatic heterocycles. The van der Waals surface area contributed by atoms with Gasteiger partial charge in [-0.2, -0.15) is 0 Å². The minimum Gasteiger partial charge on any atom is -0.508 e. The van der Waals surface area contributed by atoms with Gasteiger partial charge in [-0.05, 0) is 23.3 Å². The Hall–Kier alpha value is -3.75. The molecule has 0 unspecified atom stereocenters. The van der Waals surface area contributed by atoms with Gasteiger partial charge in [0.25, 0.3) is 11.5 Å². The van der Waals surface area contributed by atoms with Gasteiger partial charge in [-0.15, -0.1) is 0 Å². The molecule has 1 spiro atoms. The van der Waals surface area contributed by atoms with Crippen molar-refractivity contribution in [3.8, 4) is 5.75 Å². The molecule has 0 radical (unpaired) electrons. The lowest BCUT2D eigenvalue weighted by Crippen LogP contribution is -2.61. The lowest BCUT2D eigenvalue weighted by Gasteiger charge is -2.49. The van der Waals surface area contributed by atoms with Crippen LogP contribution in [0.3, 0.4) is 0 Å². The molecule has 1 saturated carbocycles. The number of esters is 2. The summed E-state index contributed by atoms with van der Waals surface area (Å²) in [4.78, 5) is 50.3. The number of rotatable bonds is 3. The molecule has 2 fully saturated rings. The fraction of sp³-hybridized carbons (Fsp3) is 0.348. The molecule has 1 saturated heterocycles. The van der Waals surface area contributed by atoms with Gasteiger partial charge in [0.1, 0.15) is 11.5 Å². The Balaban J connectivity index is 1.93. The molecule has 2 atom stereocenters. The fourth-order valence-electron chi connectivity index (χ4n) is 4.72. The number of carbonyl (C=O) groups excluding carboxylic acids is 3. The molecular weight excluding hydrogens is 418 g/mol. The summed E-state index contributed by atoms with van der Waals surface area (Å²) in [6, 6.07) is 11.4. The number of carbonyl (C=O) groups is 3. The Morgan fingerprint density at radius 1 is 0.938 bits per heavy atom. The topological polar surface area (TPSA) is 133 Å². The van der Waals surface area contributed by atoms with E-state index < -0.39 is 39.9 Å². The van der Waals surface area contributed by atoms with Gasteiger partial charge in [0.05, 0.1) is 4.92 Å². The molecule has 0 bridgehead atoms. The minimum absolute atomic E-state index is 0.0829. The zero-order valence-corrected chi connectivity index (χ0v) is 17.4. The van der Waals surface area contributed by atoms with Gasteiger partial charge in [-0.25, -0.2) is 0 Å². The van der Waals surface area contributed by atoms with Crippen molar-refractivity contribution in [3.63, 3.8) is 0 Å². The molecule has 1 N–H and O–H groups in total. The number of non-ortho nitro benzene ring substituents is 1. The summed E-state index contributed by atoms with van der Waals surface area (Å²) in [6.07, 6.45) is -0.269. The predicted octanol–water partition coefficient (Wildman–Crippen LogP) is 3.35. The smallest absolute Gasteiger partial charge is 0.328 e. The molecule has 9 nitrogen and oxygen atoms in total. The third-order valence-corrected chi connectivity index (χ3v) is 6.09. The van der Waals surface area contributed by atoms with Gasteiger partial charge in [0, 0.05) is 50.7 Å². The van der Waals surface area contributed by atoms with E-state index in [0.29, 0.717) is 11.1 Å². The highest BCUT2D eigenvalue weighted by atomic mass is 16.7. The van der Waals surface area contributed by atoms with E-state index in [2.05, 4.69) is 0 Å². The van der Waals surface area contributed by atoms with Crippen LogP contribution in [0.4, 0.5) is 5.69 Å². The lowest BCUT2D eigenvalue weighted by atomic mass is 9.55. The van der Waals surface area contributed by atoms with E-state index in [9.17, 15) is 29.6 Å². The Bertz CT molecular complexity index is 1100. The number of phenols is 1. The highest BCUT2D eigenvalue weighted by Gasteiger charge is 2.67. The fourth-order valence-corrected chi connectivity index (χ4v) is 4.72. The van der Waals surface area contributed by atoms with E-state index in [0.717, 1.165) is 0 Å². The van der Waals surface area contributed by atoms with Gasteiger partial charge in [0.15, 0.2) is 5.41 Å². The predicted molar refractivity (Wildman–Crippen MR) is 110 cm³/mol. The van der Waals surface area contributed by atoms with Crippen molar-refractivity contribution >= 4 is 23.4 Å². The molecule has 2 aliphatic rings. The highest BCUT2D eigenvalue weighted by molar-refractivity contribution is 6.06. The molecular formula is C23H21NO8.